The van der Waals surface area contributed by atoms with E-state index >= 15 is 0 Å². The molecule has 0 aliphatic carbocycles. The predicted molar refractivity (Wildman–Crippen MR) is 120 cm³/mol. The molecule has 0 unspecified atom stereocenters. The number of benzene rings is 2. The van der Waals surface area contributed by atoms with Crippen LogP contribution in [0.3, 0.4) is 0 Å². The highest BCUT2D eigenvalue weighted by molar-refractivity contribution is 7.80. The highest BCUT2D eigenvalue weighted by atomic mass is 32.1. The normalized spacial score (nSPS) is 10.8. The molecule has 1 N–H and O–H groups in total. The van der Waals surface area contributed by atoms with Crippen LogP contribution in [0.2, 0.25) is 0 Å². The van der Waals surface area contributed by atoms with Crippen LogP contribution >= 0.6 is 12.6 Å². The molecule has 3 aromatic rings. The summed E-state index contributed by atoms with van der Waals surface area (Å²) in [6, 6.07) is 15.3. The number of rotatable bonds is 10. The molecule has 1 amide bonds. The van der Waals surface area contributed by atoms with Crippen LogP contribution in [-0.4, -0.2) is 35.1 Å². The lowest BCUT2D eigenvalue weighted by Gasteiger charge is -2.08. The minimum Gasteiger partial charge on any atom is -0.497 e. The van der Waals surface area contributed by atoms with Gasteiger partial charge in [-0.2, -0.15) is 17.7 Å². The van der Waals surface area contributed by atoms with Gasteiger partial charge in [0, 0.05) is 12.1 Å². The van der Waals surface area contributed by atoms with Crippen LogP contribution in [0.25, 0.3) is 16.9 Å². The number of halogens is 1. The molecular weight excluding hydrogens is 401 g/mol. The van der Waals surface area contributed by atoms with Crippen LogP contribution in [0.15, 0.2) is 54.6 Å². The molecule has 3 rings (SSSR count). The molecule has 5 nitrogen and oxygen atoms in total. The fraction of sp³-hybridized carbons (Fsp3) is 0.304. The number of hydrogen-bond donors (Lipinski definition) is 2. The Kier molecular flexibility index (Phi) is 7.90. The summed E-state index contributed by atoms with van der Waals surface area (Å²) in [5.41, 5.74) is 2.58. The van der Waals surface area contributed by atoms with E-state index in [0.29, 0.717) is 17.9 Å². The van der Waals surface area contributed by atoms with Crippen molar-refractivity contribution >= 4 is 18.5 Å². The number of nitrogens with zero attached hydrogens (tertiary/aromatic N) is 2. The van der Waals surface area contributed by atoms with Gasteiger partial charge < -0.3 is 10.1 Å². The van der Waals surface area contributed by atoms with Crippen LogP contribution in [-0.2, 0) is 0 Å². The summed E-state index contributed by atoms with van der Waals surface area (Å²) in [5.74, 6) is 1.08. The first-order chi connectivity index (χ1) is 14.6. The van der Waals surface area contributed by atoms with Gasteiger partial charge in [0.15, 0.2) is 5.69 Å². The van der Waals surface area contributed by atoms with E-state index in [-0.39, 0.29) is 11.7 Å². The third-order valence-corrected chi connectivity index (χ3v) is 5.09. The average molecular weight is 428 g/mol. The molecule has 0 fully saturated rings. The van der Waals surface area contributed by atoms with Crippen molar-refractivity contribution in [3.05, 3.63) is 66.1 Å². The molecule has 0 saturated carbocycles. The number of ether oxygens (including phenoxy) is 1. The van der Waals surface area contributed by atoms with Gasteiger partial charge in [-0.3, -0.25) is 4.79 Å². The number of carbonyl (C=O) groups excluding carboxylic acids is 1. The summed E-state index contributed by atoms with van der Waals surface area (Å²) in [4.78, 5) is 12.6. The summed E-state index contributed by atoms with van der Waals surface area (Å²) >= 11 is 4.21. The van der Waals surface area contributed by atoms with Crippen molar-refractivity contribution in [3.63, 3.8) is 0 Å². The maximum atomic E-state index is 13.4. The van der Waals surface area contributed by atoms with Gasteiger partial charge in [0.05, 0.1) is 18.5 Å². The zero-order valence-corrected chi connectivity index (χ0v) is 17.9. The smallest absolute Gasteiger partial charge is 0.271 e. The van der Waals surface area contributed by atoms with Gasteiger partial charge in [0.2, 0.25) is 0 Å². The Morgan fingerprint density at radius 3 is 2.43 bits per heavy atom. The second kappa shape index (κ2) is 10.8. The zero-order valence-electron chi connectivity index (χ0n) is 17.0. The quantitative estimate of drug-likeness (QED) is 0.357. The molecular formula is C23H26FN3O2S. The number of unbranched alkanes of at least 4 members (excludes halogenated alkanes) is 3. The monoisotopic (exact) mass is 427 g/mol. The van der Waals surface area contributed by atoms with E-state index in [4.69, 9.17) is 4.74 Å². The van der Waals surface area contributed by atoms with Crippen molar-refractivity contribution in [1.29, 1.82) is 0 Å². The summed E-state index contributed by atoms with van der Waals surface area (Å²) in [6.45, 7) is 0.604. The Labute approximate surface area is 181 Å². The highest BCUT2D eigenvalue weighted by Crippen LogP contribution is 2.25. The third-order valence-electron chi connectivity index (χ3n) is 4.77. The summed E-state index contributed by atoms with van der Waals surface area (Å²) in [7, 11) is 1.60. The molecule has 0 bridgehead atoms. The number of amides is 1. The third kappa shape index (κ3) is 5.63. The zero-order chi connectivity index (χ0) is 21.3. The Balaban J connectivity index is 1.82. The Hall–Kier alpha value is -2.80. The highest BCUT2D eigenvalue weighted by Gasteiger charge is 2.17. The van der Waals surface area contributed by atoms with E-state index in [0.717, 1.165) is 48.4 Å². The fourth-order valence-corrected chi connectivity index (χ4v) is 3.35. The van der Waals surface area contributed by atoms with Crippen molar-refractivity contribution in [2.24, 2.45) is 0 Å². The number of aromatic nitrogens is 2. The molecule has 7 heteroatoms. The van der Waals surface area contributed by atoms with E-state index in [2.05, 4.69) is 23.0 Å². The summed E-state index contributed by atoms with van der Waals surface area (Å²) in [5, 5.41) is 7.46. The number of carbonyl (C=O) groups is 1. The molecule has 0 atom stereocenters. The fourth-order valence-electron chi connectivity index (χ4n) is 3.12. The van der Waals surface area contributed by atoms with Gasteiger partial charge in [-0.05, 0) is 73.2 Å². The molecule has 0 saturated heterocycles. The predicted octanol–water partition coefficient (Wildman–Crippen LogP) is 4.91. The van der Waals surface area contributed by atoms with Gasteiger partial charge in [-0.25, -0.2) is 9.07 Å². The van der Waals surface area contributed by atoms with Crippen molar-refractivity contribution < 1.29 is 13.9 Å². The van der Waals surface area contributed by atoms with E-state index in [1.54, 1.807) is 30.0 Å². The molecule has 158 valence electrons. The first kappa shape index (κ1) is 21.9. The minimum absolute atomic E-state index is 0.222. The number of hydrogen-bond acceptors (Lipinski definition) is 4. The van der Waals surface area contributed by atoms with Crippen molar-refractivity contribution in [2.75, 3.05) is 19.4 Å². The molecule has 0 aliphatic heterocycles. The van der Waals surface area contributed by atoms with Crippen molar-refractivity contribution in [1.82, 2.24) is 15.1 Å². The number of nitrogens with one attached hydrogen (secondary N) is 1. The first-order valence-electron chi connectivity index (χ1n) is 10.0. The Morgan fingerprint density at radius 1 is 1.07 bits per heavy atom. The van der Waals surface area contributed by atoms with Crippen LogP contribution < -0.4 is 10.1 Å². The van der Waals surface area contributed by atoms with Gasteiger partial charge in [-0.1, -0.05) is 12.8 Å². The standard InChI is InChI=1S/C23H26FN3O2S/c1-29-20-12-10-19(11-13-20)27-22(17-6-8-18(24)9-7-17)16-21(26-27)23(28)25-14-4-2-3-5-15-30/h6-13,16,30H,2-5,14-15H2,1H3,(H,25,28). The molecule has 1 aromatic heterocycles. The van der Waals surface area contributed by atoms with Crippen LogP contribution in [0, 0.1) is 5.82 Å². The largest absolute Gasteiger partial charge is 0.497 e. The van der Waals surface area contributed by atoms with E-state index in [1.807, 2.05) is 24.3 Å². The molecule has 0 aliphatic rings. The second-order valence-corrected chi connectivity index (χ2v) is 7.37. The lowest BCUT2D eigenvalue weighted by molar-refractivity contribution is 0.0947. The molecule has 0 spiro atoms. The molecule has 2 aromatic carbocycles. The van der Waals surface area contributed by atoms with E-state index in [1.165, 1.54) is 12.1 Å². The topological polar surface area (TPSA) is 56.2 Å². The molecule has 1 heterocycles. The van der Waals surface area contributed by atoms with Crippen LogP contribution in [0.4, 0.5) is 4.39 Å². The molecule has 0 radical (unpaired) electrons. The second-order valence-electron chi connectivity index (χ2n) is 6.93. The Morgan fingerprint density at radius 2 is 1.77 bits per heavy atom. The summed E-state index contributed by atoms with van der Waals surface area (Å²) in [6.07, 6.45) is 4.18. The SMILES string of the molecule is COc1ccc(-n2nc(C(=O)NCCCCCCS)cc2-c2ccc(F)cc2)cc1. The minimum atomic E-state index is -0.315. The van der Waals surface area contributed by atoms with Gasteiger partial charge in [-0.15, -0.1) is 0 Å². The number of thiol groups is 1. The van der Waals surface area contributed by atoms with Gasteiger partial charge in [0.1, 0.15) is 11.6 Å². The lowest BCUT2D eigenvalue weighted by atomic mass is 10.1. The number of methoxy groups -OCH3 is 1. The Bertz CT molecular complexity index is 956. The molecule has 30 heavy (non-hydrogen) atoms. The van der Waals surface area contributed by atoms with Crippen LogP contribution in [0.5, 0.6) is 5.75 Å². The van der Waals surface area contributed by atoms with Gasteiger partial charge >= 0.3 is 0 Å². The first-order valence-corrected chi connectivity index (χ1v) is 10.6. The van der Waals surface area contributed by atoms with Crippen molar-refractivity contribution in [2.45, 2.75) is 25.7 Å². The maximum Gasteiger partial charge on any atom is 0.271 e. The van der Waals surface area contributed by atoms with Gasteiger partial charge in [0.25, 0.3) is 5.91 Å². The maximum absolute atomic E-state index is 13.4. The average Bonchev–Trinajstić information content (AvgIpc) is 3.22. The van der Waals surface area contributed by atoms with E-state index < -0.39 is 0 Å². The van der Waals surface area contributed by atoms with E-state index in [9.17, 15) is 9.18 Å². The van der Waals surface area contributed by atoms with Crippen LogP contribution in [0.1, 0.15) is 36.2 Å². The summed E-state index contributed by atoms with van der Waals surface area (Å²) < 4.78 is 20.3. The van der Waals surface area contributed by atoms with Crippen molar-refractivity contribution in [3.8, 4) is 22.7 Å². The lowest BCUT2D eigenvalue weighted by Crippen LogP contribution is -2.25.